The van der Waals surface area contributed by atoms with E-state index in [0.29, 0.717) is 19.7 Å². The Morgan fingerprint density at radius 2 is 2.08 bits per heavy atom. The van der Waals surface area contributed by atoms with Gasteiger partial charge in [-0.15, -0.1) is 0 Å². The monoisotopic (exact) mass is 351 g/mol. The number of nitrogens with zero attached hydrogens (tertiary/aromatic N) is 2. The summed E-state index contributed by atoms with van der Waals surface area (Å²) in [5.41, 5.74) is 1.83. The molecular weight excluding hydrogens is 324 g/mol. The largest absolute Gasteiger partial charge is 0.444 e. The van der Waals surface area contributed by atoms with Gasteiger partial charge in [0.25, 0.3) is 0 Å². The third kappa shape index (κ3) is 5.67. The van der Waals surface area contributed by atoms with E-state index in [9.17, 15) is 4.79 Å². The molecule has 1 aromatic rings. The second kappa shape index (κ2) is 9.90. The lowest BCUT2D eigenvalue weighted by Crippen LogP contribution is -2.53. The highest BCUT2D eigenvalue weighted by atomic mass is 35.5. The molecule has 1 amide bonds. The number of carbonyl (C=O) groups is 1. The molecule has 1 heterocycles. The van der Waals surface area contributed by atoms with Crippen LogP contribution in [-0.2, 0) is 11.3 Å². The fourth-order valence-corrected chi connectivity index (χ4v) is 3.26. The van der Waals surface area contributed by atoms with E-state index in [0.717, 1.165) is 37.1 Å². The minimum absolute atomic E-state index is 0.292. The van der Waals surface area contributed by atoms with E-state index in [2.05, 4.69) is 11.8 Å². The minimum Gasteiger partial charge on any atom is -0.444 e. The molecule has 1 atom stereocenters. The Balaban J connectivity index is 1.75. The fourth-order valence-electron chi connectivity index (χ4n) is 2.88. The first-order chi connectivity index (χ1) is 11.6. The zero-order valence-corrected chi connectivity index (χ0v) is 15.3. The Kier molecular flexibility index (Phi) is 7.86. The first-order valence-corrected chi connectivity index (χ1v) is 9.19. The highest BCUT2D eigenvalue weighted by molar-refractivity contribution is 6.21. The van der Waals surface area contributed by atoms with E-state index in [1.807, 2.05) is 31.2 Å². The Morgan fingerprint density at radius 1 is 1.29 bits per heavy atom. The summed E-state index contributed by atoms with van der Waals surface area (Å²) in [6.07, 6.45) is 4.22. The number of piperazine rings is 1. The van der Waals surface area contributed by atoms with Crippen LogP contribution in [0.4, 0.5) is 4.79 Å². The van der Waals surface area contributed by atoms with Crippen LogP contribution in [0.1, 0.15) is 36.8 Å². The summed E-state index contributed by atoms with van der Waals surface area (Å²) in [4.78, 5) is 16.2. The summed E-state index contributed by atoms with van der Waals surface area (Å²) in [7, 11) is 0. The number of aryl methyl sites for hydroxylation is 1. The van der Waals surface area contributed by atoms with Crippen molar-refractivity contribution < 1.29 is 9.53 Å². The van der Waals surface area contributed by atoms with Gasteiger partial charge in [0.05, 0.1) is 0 Å². The second-order valence-corrected chi connectivity index (χ2v) is 6.83. The summed E-state index contributed by atoms with van der Waals surface area (Å²) < 4.78 is 5.44. The van der Waals surface area contributed by atoms with Crippen LogP contribution >= 0.6 is 11.6 Å². The molecule has 1 unspecified atom stereocenters. The highest BCUT2D eigenvalue weighted by Crippen LogP contribution is 2.17. The van der Waals surface area contributed by atoms with Crippen molar-refractivity contribution in [1.29, 1.82) is 0 Å². The Bertz CT molecular complexity index is 524. The van der Waals surface area contributed by atoms with Crippen molar-refractivity contribution in [2.75, 3.05) is 26.2 Å². The third-order valence-corrected chi connectivity index (χ3v) is 4.85. The fraction of sp³-hybridized carbons (Fsp3) is 0.579. The molecule has 1 aliphatic heterocycles. The lowest BCUT2D eigenvalue weighted by molar-refractivity contribution is 0.0621. The lowest BCUT2D eigenvalue weighted by Gasteiger charge is -2.37. The van der Waals surface area contributed by atoms with Gasteiger partial charge in [-0.2, -0.15) is 0 Å². The molecule has 0 spiro atoms. The van der Waals surface area contributed by atoms with Crippen molar-refractivity contribution in [1.82, 2.24) is 9.80 Å². The number of amides is 1. The predicted molar refractivity (Wildman–Crippen MR) is 98.0 cm³/mol. The van der Waals surface area contributed by atoms with Crippen molar-refractivity contribution in [2.45, 2.75) is 44.7 Å². The maximum absolute atomic E-state index is 12.3. The molecule has 24 heavy (non-hydrogen) atoms. The average Bonchev–Trinajstić information content (AvgIpc) is 2.58. The zero-order chi connectivity index (χ0) is 17.4. The van der Waals surface area contributed by atoms with Gasteiger partial charge in [-0.05, 0) is 31.0 Å². The number of hydrogen-bond acceptors (Lipinski definition) is 3. The molecule has 1 saturated heterocycles. The van der Waals surface area contributed by atoms with Gasteiger partial charge in [0.2, 0.25) is 0 Å². The third-order valence-electron chi connectivity index (χ3n) is 4.48. The molecule has 1 aromatic carbocycles. The Hall–Kier alpha value is -1.26. The van der Waals surface area contributed by atoms with Crippen LogP contribution in [0.2, 0.25) is 0 Å². The van der Waals surface area contributed by atoms with E-state index in [-0.39, 0.29) is 11.6 Å². The number of rotatable bonds is 7. The van der Waals surface area contributed by atoms with E-state index in [4.69, 9.17) is 16.3 Å². The van der Waals surface area contributed by atoms with Crippen molar-refractivity contribution in [3.63, 3.8) is 0 Å². The summed E-state index contributed by atoms with van der Waals surface area (Å²) in [6.45, 7) is 9.38. The molecule has 1 aliphatic rings. The van der Waals surface area contributed by atoms with Crippen LogP contribution in [0, 0.1) is 13.8 Å². The second-order valence-electron chi connectivity index (χ2n) is 6.32. The van der Waals surface area contributed by atoms with Gasteiger partial charge in [0.1, 0.15) is 12.1 Å². The van der Waals surface area contributed by atoms with Crippen molar-refractivity contribution in [2.24, 2.45) is 0 Å². The summed E-state index contributed by atoms with van der Waals surface area (Å²) in [6, 6.07) is 7.92. The molecule has 0 bridgehead atoms. The minimum atomic E-state index is -0.324. The molecule has 133 valence electrons. The zero-order valence-electron chi connectivity index (χ0n) is 14.5. The summed E-state index contributed by atoms with van der Waals surface area (Å²) in [5, 5.41) is 0. The quantitative estimate of drug-likeness (QED) is 0.419. The predicted octanol–water partition coefficient (Wildman–Crippen LogP) is 4.21. The van der Waals surface area contributed by atoms with Crippen LogP contribution in [0.25, 0.3) is 0 Å². The Morgan fingerprint density at radius 3 is 2.79 bits per heavy atom. The number of benzene rings is 1. The van der Waals surface area contributed by atoms with Gasteiger partial charge in [-0.1, -0.05) is 62.1 Å². The molecule has 0 N–H and O–H groups in total. The number of hydrogen-bond donors (Lipinski definition) is 0. The molecule has 2 rings (SSSR count). The number of ether oxygens (including phenoxy) is 1. The smallest absolute Gasteiger partial charge is 0.411 e. The molecule has 1 radical (unpaired) electrons. The van der Waals surface area contributed by atoms with Gasteiger partial charge in [-0.3, -0.25) is 9.80 Å². The van der Waals surface area contributed by atoms with Gasteiger partial charge >= 0.3 is 6.09 Å². The standard InChI is InChI=1S/C19H28ClN2O2/c1-3-4-5-8-11-21-12-13-22(18(20)14-21)19(23)24-15-17-10-7-6-9-16(17)2/h6-7,9-10,18H,1,3-5,8,11-15H2,2H3. The van der Waals surface area contributed by atoms with Crippen LogP contribution in [0.5, 0.6) is 0 Å². The first-order valence-electron chi connectivity index (χ1n) is 8.75. The average molecular weight is 352 g/mol. The van der Waals surface area contributed by atoms with Crippen LogP contribution in [0.3, 0.4) is 0 Å². The highest BCUT2D eigenvalue weighted by Gasteiger charge is 2.29. The van der Waals surface area contributed by atoms with Crippen molar-refractivity contribution in [3.05, 3.63) is 42.3 Å². The van der Waals surface area contributed by atoms with Gasteiger partial charge in [-0.25, -0.2) is 4.79 Å². The normalized spacial score (nSPS) is 18.6. The first kappa shape index (κ1) is 19.1. The molecule has 4 nitrogen and oxygen atoms in total. The van der Waals surface area contributed by atoms with Crippen LogP contribution in [-0.4, -0.2) is 47.6 Å². The molecule has 0 aromatic heterocycles. The SMILES string of the molecule is [CH2]CCCCCN1CCN(C(=O)OCc2ccccc2C)C(Cl)C1. The maximum atomic E-state index is 12.3. The van der Waals surface area contributed by atoms with Gasteiger partial charge in [0.15, 0.2) is 0 Å². The number of carbonyl (C=O) groups excluding carboxylic acids is 1. The number of unbranched alkanes of at least 4 members (excludes halogenated alkanes) is 3. The maximum Gasteiger partial charge on any atom is 0.411 e. The van der Waals surface area contributed by atoms with Gasteiger partial charge < -0.3 is 4.74 Å². The van der Waals surface area contributed by atoms with E-state index >= 15 is 0 Å². The number of alkyl halides is 1. The Labute approximate surface area is 150 Å². The van der Waals surface area contributed by atoms with Crippen molar-refractivity contribution >= 4 is 17.7 Å². The van der Waals surface area contributed by atoms with E-state index in [1.54, 1.807) is 4.90 Å². The lowest BCUT2D eigenvalue weighted by atomic mass is 10.1. The van der Waals surface area contributed by atoms with Crippen LogP contribution in [0.15, 0.2) is 24.3 Å². The molecule has 1 fully saturated rings. The van der Waals surface area contributed by atoms with E-state index < -0.39 is 0 Å². The van der Waals surface area contributed by atoms with Crippen molar-refractivity contribution in [3.8, 4) is 0 Å². The number of halogens is 1. The van der Waals surface area contributed by atoms with Crippen LogP contribution < -0.4 is 0 Å². The summed E-state index contributed by atoms with van der Waals surface area (Å²) >= 11 is 6.40. The van der Waals surface area contributed by atoms with Gasteiger partial charge in [0, 0.05) is 19.6 Å². The molecular formula is C19H28ClN2O2. The molecule has 5 heteroatoms. The topological polar surface area (TPSA) is 32.8 Å². The summed E-state index contributed by atoms with van der Waals surface area (Å²) in [5.74, 6) is 0. The molecule has 0 saturated carbocycles. The van der Waals surface area contributed by atoms with E-state index in [1.165, 1.54) is 12.8 Å². The molecule has 0 aliphatic carbocycles.